The Balaban J connectivity index is 1.61. The molecular weight excluding hydrogens is 382 g/mol. The second-order valence-electron chi connectivity index (χ2n) is 8.42. The van der Waals surface area contributed by atoms with Gasteiger partial charge < -0.3 is 15.1 Å². The normalized spacial score (nSPS) is 23.0. The number of piperidine rings is 1. The maximum Gasteiger partial charge on any atom is 0.273 e. The average molecular weight is 412 g/mol. The molecule has 2 aliphatic rings. The van der Waals surface area contributed by atoms with Gasteiger partial charge in [0, 0.05) is 25.9 Å². The van der Waals surface area contributed by atoms with E-state index in [0.717, 1.165) is 25.9 Å². The topological polar surface area (TPSA) is 83.4 Å². The van der Waals surface area contributed by atoms with Crippen LogP contribution >= 0.6 is 0 Å². The highest BCUT2D eigenvalue weighted by Crippen LogP contribution is 2.34. The predicted molar refractivity (Wildman–Crippen MR) is 103 cm³/mol. The van der Waals surface area contributed by atoms with Crippen LogP contribution in [-0.2, 0) is 11.3 Å². The molecule has 2 saturated heterocycles. The first-order valence-electron chi connectivity index (χ1n) is 10.2. The number of amides is 2. The molecule has 3 heterocycles. The molecule has 2 aliphatic heterocycles. The lowest BCUT2D eigenvalue weighted by molar-refractivity contribution is -0.134. The Labute approximate surface area is 169 Å². The summed E-state index contributed by atoms with van der Waals surface area (Å²) in [4.78, 5) is 28.1. The van der Waals surface area contributed by atoms with Crippen LogP contribution in [0.2, 0.25) is 0 Å². The van der Waals surface area contributed by atoms with E-state index in [1.54, 1.807) is 0 Å². The average Bonchev–Trinajstić information content (AvgIpc) is 3.25. The van der Waals surface area contributed by atoms with E-state index in [-0.39, 0.29) is 24.1 Å². The molecule has 3 rings (SSSR count). The maximum absolute atomic E-state index is 14.1. The standard InChI is InChI=1S/C19H30F2N6O2/c1-13(2)25-6-4-14(5-7-25)8-17(28)27-12-19(20,21)9-15(27)10-26-11-16(23-24-26)18(29)22-3/h11,13-15H,4-10,12H2,1-3H3,(H,22,29)/t15-/m0/s1. The second kappa shape index (κ2) is 8.73. The Morgan fingerprint density at radius 3 is 2.62 bits per heavy atom. The monoisotopic (exact) mass is 412 g/mol. The molecule has 1 N–H and O–H groups in total. The van der Waals surface area contributed by atoms with Crippen LogP contribution in [0.1, 0.15) is 50.0 Å². The molecule has 0 unspecified atom stereocenters. The summed E-state index contributed by atoms with van der Waals surface area (Å²) in [5.74, 6) is -3.29. The number of aromatic nitrogens is 3. The molecule has 0 spiro atoms. The number of carbonyl (C=O) groups excluding carboxylic acids is 2. The third-order valence-electron chi connectivity index (χ3n) is 5.94. The summed E-state index contributed by atoms with van der Waals surface area (Å²) in [5.41, 5.74) is 0.118. The van der Waals surface area contributed by atoms with E-state index >= 15 is 0 Å². The van der Waals surface area contributed by atoms with Crippen molar-refractivity contribution in [3.05, 3.63) is 11.9 Å². The molecule has 162 valence electrons. The minimum Gasteiger partial charge on any atom is -0.354 e. The quantitative estimate of drug-likeness (QED) is 0.763. The van der Waals surface area contributed by atoms with Crippen molar-refractivity contribution in [1.29, 1.82) is 0 Å². The first kappa shape index (κ1) is 21.6. The molecule has 1 atom stereocenters. The van der Waals surface area contributed by atoms with E-state index in [2.05, 4.69) is 34.4 Å². The van der Waals surface area contributed by atoms with E-state index < -0.39 is 30.8 Å². The van der Waals surface area contributed by atoms with Gasteiger partial charge in [0.05, 0.1) is 25.3 Å². The fraction of sp³-hybridized carbons (Fsp3) is 0.789. The number of nitrogens with zero attached hydrogens (tertiary/aromatic N) is 5. The molecule has 2 amide bonds. The summed E-state index contributed by atoms with van der Waals surface area (Å²) in [5, 5.41) is 10.0. The van der Waals surface area contributed by atoms with Gasteiger partial charge in [-0.05, 0) is 45.7 Å². The number of alkyl halides is 2. The van der Waals surface area contributed by atoms with E-state index in [4.69, 9.17) is 0 Å². The van der Waals surface area contributed by atoms with Crippen LogP contribution in [0.5, 0.6) is 0 Å². The first-order valence-corrected chi connectivity index (χ1v) is 10.2. The largest absolute Gasteiger partial charge is 0.354 e. The van der Waals surface area contributed by atoms with Crippen LogP contribution in [0, 0.1) is 5.92 Å². The van der Waals surface area contributed by atoms with Gasteiger partial charge in [-0.25, -0.2) is 13.5 Å². The lowest BCUT2D eigenvalue weighted by Crippen LogP contribution is -2.42. The Morgan fingerprint density at radius 2 is 2.00 bits per heavy atom. The lowest BCUT2D eigenvalue weighted by Gasteiger charge is -2.35. The summed E-state index contributed by atoms with van der Waals surface area (Å²) < 4.78 is 29.6. The van der Waals surface area contributed by atoms with Crippen LogP contribution < -0.4 is 5.32 Å². The zero-order valence-electron chi connectivity index (χ0n) is 17.3. The fourth-order valence-corrected chi connectivity index (χ4v) is 4.23. The number of nitrogens with one attached hydrogen (secondary N) is 1. The van der Waals surface area contributed by atoms with Crippen LogP contribution in [0.15, 0.2) is 6.20 Å². The van der Waals surface area contributed by atoms with Crippen LogP contribution in [0.4, 0.5) is 8.78 Å². The minimum absolute atomic E-state index is 0.0944. The third kappa shape index (κ3) is 5.29. The van der Waals surface area contributed by atoms with Crippen LogP contribution in [0.25, 0.3) is 0 Å². The van der Waals surface area contributed by atoms with E-state index in [1.807, 2.05) is 0 Å². The number of likely N-dealkylation sites (tertiary alicyclic amines) is 2. The third-order valence-corrected chi connectivity index (χ3v) is 5.94. The molecule has 0 saturated carbocycles. The molecule has 0 radical (unpaired) electrons. The van der Waals surface area contributed by atoms with Gasteiger partial charge in [0.15, 0.2) is 5.69 Å². The molecule has 0 aliphatic carbocycles. The Kier molecular flexibility index (Phi) is 6.50. The van der Waals surface area contributed by atoms with Crippen molar-refractivity contribution in [2.75, 3.05) is 26.7 Å². The SMILES string of the molecule is CNC(=O)c1cn(C[C@@H]2CC(F)(F)CN2C(=O)CC2CCN(C(C)C)CC2)nn1. The number of rotatable bonds is 6. The molecule has 1 aromatic rings. The Morgan fingerprint density at radius 1 is 1.31 bits per heavy atom. The van der Waals surface area contributed by atoms with Gasteiger partial charge in [-0.2, -0.15) is 0 Å². The second-order valence-corrected chi connectivity index (χ2v) is 8.42. The van der Waals surface area contributed by atoms with Crippen LogP contribution in [0.3, 0.4) is 0 Å². The van der Waals surface area contributed by atoms with Crippen molar-refractivity contribution in [1.82, 2.24) is 30.1 Å². The molecular formula is C19H30F2N6O2. The zero-order valence-corrected chi connectivity index (χ0v) is 17.3. The highest BCUT2D eigenvalue weighted by atomic mass is 19.3. The van der Waals surface area contributed by atoms with E-state index in [1.165, 1.54) is 22.8 Å². The van der Waals surface area contributed by atoms with Gasteiger partial charge in [0.25, 0.3) is 11.8 Å². The summed E-state index contributed by atoms with van der Waals surface area (Å²) >= 11 is 0. The van der Waals surface area contributed by atoms with Gasteiger partial charge in [0.1, 0.15) is 0 Å². The van der Waals surface area contributed by atoms with E-state index in [0.29, 0.717) is 12.5 Å². The fourth-order valence-electron chi connectivity index (χ4n) is 4.23. The number of hydrogen-bond acceptors (Lipinski definition) is 5. The predicted octanol–water partition coefficient (Wildman–Crippen LogP) is 1.38. The molecule has 2 fully saturated rings. The number of halogens is 2. The smallest absolute Gasteiger partial charge is 0.273 e. The van der Waals surface area contributed by atoms with E-state index in [9.17, 15) is 18.4 Å². The lowest BCUT2D eigenvalue weighted by atomic mass is 9.92. The van der Waals surface area contributed by atoms with Gasteiger partial charge in [-0.1, -0.05) is 5.21 Å². The molecule has 29 heavy (non-hydrogen) atoms. The first-order chi connectivity index (χ1) is 13.7. The van der Waals surface area contributed by atoms with Crippen molar-refractivity contribution < 1.29 is 18.4 Å². The summed E-state index contributed by atoms with van der Waals surface area (Å²) in [6, 6.07) is -0.178. The van der Waals surface area contributed by atoms with Crippen molar-refractivity contribution in [2.24, 2.45) is 5.92 Å². The molecule has 0 bridgehead atoms. The van der Waals surface area contributed by atoms with Crippen molar-refractivity contribution in [3.8, 4) is 0 Å². The van der Waals surface area contributed by atoms with Gasteiger partial charge >= 0.3 is 0 Å². The number of hydrogen-bond donors (Lipinski definition) is 1. The molecule has 8 nitrogen and oxygen atoms in total. The van der Waals surface area contributed by atoms with Crippen molar-refractivity contribution >= 4 is 11.8 Å². The highest BCUT2D eigenvalue weighted by Gasteiger charge is 2.47. The zero-order chi connectivity index (χ0) is 21.2. The van der Waals surface area contributed by atoms with Gasteiger partial charge in [0.2, 0.25) is 5.91 Å². The van der Waals surface area contributed by atoms with Gasteiger partial charge in [-0.3, -0.25) is 9.59 Å². The van der Waals surface area contributed by atoms with Crippen molar-refractivity contribution in [3.63, 3.8) is 0 Å². The molecule has 0 aromatic carbocycles. The summed E-state index contributed by atoms with van der Waals surface area (Å²) in [6.45, 7) is 5.73. The minimum atomic E-state index is -2.91. The maximum atomic E-state index is 14.1. The molecule has 10 heteroatoms. The highest BCUT2D eigenvalue weighted by molar-refractivity contribution is 5.91. The Bertz CT molecular complexity index is 730. The Hall–Kier alpha value is -2.10. The van der Waals surface area contributed by atoms with Crippen LogP contribution in [-0.4, -0.2) is 81.3 Å². The summed E-state index contributed by atoms with van der Waals surface area (Å²) in [7, 11) is 1.48. The number of carbonyl (C=O) groups is 2. The van der Waals surface area contributed by atoms with Crippen molar-refractivity contribution in [2.45, 2.75) is 64.1 Å². The van der Waals surface area contributed by atoms with Gasteiger partial charge in [-0.15, -0.1) is 5.10 Å². The molecule has 1 aromatic heterocycles. The summed E-state index contributed by atoms with van der Waals surface area (Å²) in [6.07, 6.45) is 3.15.